The average molecular weight is 450 g/mol. The van der Waals surface area contributed by atoms with E-state index < -0.39 is 0 Å². The Balaban J connectivity index is 1.41. The molecule has 0 aliphatic carbocycles. The fraction of sp³-hybridized carbons (Fsp3) is 0.261. The van der Waals surface area contributed by atoms with Gasteiger partial charge in [0.05, 0.1) is 0 Å². The van der Waals surface area contributed by atoms with Crippen molar-refractivity contribution in [1.29, 1.82) is 0 Å². The van der Waals surface area contributed by atoms with Crippen LogP contribution in [0.15, 0.2) is 42.5 Å². The number of nitrogens with one attached hydrogen (secondary N) is 2. The number of carbonyl (C=O) groups excluding carboxylic acids is 3. The fourth-order valence-electron chi connectivity index (χ4n) is 3.54. The fourth-order valence-corrected chi connectivity index (χ4v) is 4.37. The summed E-state index contributed by atoms with van der Waals surface area (Å²) in [4.78, 5) is 38.0. The monoisotopic (exact) mass is 449 g/mol. The van der Waals surface area contributed by atoms with Gasteiger partial charge in [-0.2, -0.15) is 0 Å². The Labute approximate surface area is 189 Å². The first-order valence-electron chi connectivity index (χ1n) is 10.2. The zero-order chi connectivity index (χ0) is 22.8. The van der Waals surface area contributed by atoms with Crippen LogP contribution in [-0.4, -0.2) is 34.5 Å². The second-order valence-corrected chi connectivity index (χ2v) is 8.84. The van der Waals surface area contributed by atoms with Gasteiger partial charge >= 0.3 is 0 Å². The number of nitrogens with zero attached hydrogens (tertiary/aromatic N) is 3. The molecular weight excluding hydrogens is 426 g/mol. The van der Waals surface area contributed by atoms with Crippen LogP contribution in [0.1, 0.15) is 45.8 Å². The Morgan fingerprint density at radius 3 is 2.47 bits per heavy atom. The van der Waals surface area contributed by atoms with Gasteiger partial charge in [-0.1, -0.05) is 17.4 Å². The van der Waals surface area contributed by atoms with E-state index in [0.29, 0.717) is 29.3 Å². The molecule has 1 atom stereocenters. The lowest BCUT2D eigenvalue weighted by molar-refractivity contribution is -0.117. The van der Waals surface area contributed by atoms with Crippen molar-refractivity contribution in [3.63, 3.8) is 0 Å². The van der Waals surface area contributed by atoms with Crippen molar-refractivity contribution in [2.75, 3.05) is 22.1 Å². The summed E-state index contributed by atoms with van der Waals surface area (Å²) in [5.41, 5.74) is 4.27. The molecule has 2 heterocycles. The Morgan fingerprint density at radius 2 is 1.78 bits per heavy atom. The second kappa shape index (κ2) is 8.88. The van der Waals surface area contributed by atoms with E-state index in [-0.39, 0.29) is 23.6 Å². The molecule has 1 aliphatic heterocycles. The molecule has 1 fully saturated rings. The SMILES string of the molecule is CC(=O)Nc1ccc(C(=O)Nc2nnc(C3CC(=O)N(c4ccc(C)c(C)c4)C3)s2)cc1. The molecule has 9 heteroatoms. The molecule has 1 saturated heterocycles. The maximum absolute atomic E-state index is 12.6. The molecule has 32 heavy (non-hydrogen) atoms. The number of hydrogen-bond acceptors (Lipinski definition) is 6. The molecule has 1 aromatic heterocycles. The van der Waals surface area contributed by atoms with Gasteiger partial charge in [-0.3, -0.25) is 19.7 Å². The summed E-state index contributed by atoms with van der Waals surface area (Å²) in [6.45, 7) is 6.03. The van der Waals surface area contributed by atoms with Gasteiger partial charge in [0.15, 0.2) is 0 Å². The van der Waals surface area contributed by atoms with Crippen LogP contribution in [0.2, 0.25) is 0 Å². The molecule has 0 spiro atoms. The van der Waals surface area contributed by atoms with Crippen molar-refractivity contribution >= 4 is 45.6 Å². The van der Waals surface area contributed by atoms with Gasteiger partial charge in [0.1, 0.15) is 5.01 Å². The van der Waals surface area contributed by atoms with Crippen LogP contribution in [0.3, 0.4) is 0 Å². The molecule has 1 unspecified atom stereocenters. The maximum atomic E-state index is 12.6. The molecule has 0 bridgehead atoms. The van der Waals surface area contributed by atoms with Crippen LogP contribution in [0.5, 0.6) is 0 Å². The zero-order valence-electron chi connectivity index (χ0n) is 18.0. The third-order valence-electron chi connectivity index (χ3n) is 5.40. The summed E-state index contributed by atoms with van der Waals surface area (Å²) in [6, 6.07) is 12.6. The quantitative estimate of drug-likeness (QED) is 0.615. The number of hydrogen-bond donors (Lipinski definition) is 2. The highest BCUT2D eigenvalue weighted by Gasteiger charge is 2.34. The highest BCUT2D eigenvalue weighted by molar-refractivity contribution is 7.15. The van der Waals surface area contributed by atoms with Crippen molar-refractivity contribution in [3.8, 4) is 0 Å². The lowest BCUT2D eigenvalue weighted by Gasteiger charge is -2.17. The highest BCUT2D eigenvalue weighted by Crippen LogP contribution is 2.34. The van der Waals surface area contributed by atoms with E-state index in [1.165, 1.54) is 23.8 Å². The van der Waals surface area contributed by atoms with Crippen LogP contribution < -0.4 is 15.5 Å². The van der Waals surface area contributed by atoms with Crippen molar-refractivity contribution in [2.24, 2.45) is 0 Å². The molecule has 8 nitrogen and oxygen atoms in total. The van der Waals surface area contributed by atoms with E-state index >= 15 is 0 Å². The third-order valence-corrected chi connectivity index (χ3v) is 6.41. The summed E-state index contributed by atoms with van der Waals surface area (Å²) in [5, 5.41) is 14.8. The number of benzene rings is 2. The van der Waals surface area contributed by atoms with Gasteiger partial charge in [-0.15, -0.1) is 10.2 Å². The standard InChI is InChI=1S/C23H23N5O3S/c1-13-4-9-19(10-14(13)2)28-12-17(11-20(28)30)22-26-27-23(32-22)25-21(31)16-5-7-18(8-6-16)24-15(3)29/h4-10,17H,11-12H2,1-3H3,(H,24,29)(H,25,27,31). The van der Waals surface area contributed by atoms with E-state index in [0.717, 1.165) is 16.3 Å². The normalized spacial score (nSPS) is 15.7. The molecule has 164 valence electrons. The molecule has 3 amide bonds. The van der Waals surface area contributed by atoms with Crippen LogP contribution in [0.4, 0.5) is 16.5 Å². The van der Waals surface area contributed by atoms with Gasteiger partial charge in [0.25, 0.3) is 5.91 Å². The van der Waals surface area contributed by atoms with Gasteiger partial charge in [-0.25, -0.2) is 0 Å². The van der Waals surface area contributed by atoms with E-state index in [2.05, 4.69) is 20.8 Å². The first-order chi connectivity index (χ1) is 15.3. The molecule has 0 radical (unpaired) electrons. The predicted molar refractivity (Wildman–Crippen MR) is 124 cm³/mol. The number of aromatic nitrogens is 2. The van der Waals surface area contributed by atoms with Crippen molar-refractivity contribution in [3.05, 3.63) is 64.2 Å². The Kier molecular flexibility index (Phi) is 6.00. The zero-order valence-corrected chi connectivity index (χ0v) is 18.8. The molecular formula is C23H23N5O3S. The first kappa shape index (κ1) is 21.6. The van der Waals surface area contributed by atoms with Gasteiger partial charge in [0.2, 0.25) is 16.9 Å². The topological polar surface area (TPSA) is 104 Å². The van der Waals surface area contributed by atoms with Gasteiger partial charge < -0.3 is 10.2 Å². The largest absolute Gasteiger partial charge is 0.326 e. The molecule has 1 aliphatic rings. The molecule has 2 aromatic carbocycles. The first-order valence-corrected chi connectivity index (χ1v) is 11.0. The average Bonchev–Trinajstić information content (AvgIpc) is 3.36. The minimum absolute atomic E-state index is 0.0540. The number of rotatable bonds is 5. The van der Waals surface area contributed by atoms with E-state index in [9.17, 15) is 14.4 Å². The summed E-state index contributed by atoms with van der Waals surface area (Å²) < 4.78 is 0. The second-order valence-electron chi connectivity index (χ2n) is 7.83. The van der Waals surface area contributed by atoms with E-state index in [1.54, 1.807) is 29.2 Å². The van der Waals surface area contributed by atoms with Gasteiger partial charge in [-0.05, 0) is 61.4 Å². The predicted octanol–water partition coefficient (Wildman–Crippen LogP) is 3.89. The lowest BCUT2D eigenvalue weighted by atomic mass is 10.1. The minimum atomic E-state index is -0.318. The van der Waals surface area contributed by atoms with Crippen LogP contribution >= 0.6 is 11.3 Å². The summed E-state index contributed by atoms with van der Waals surface area (Å²) in [6.07, 6.45) is 0.361. The highest BCUT2D eigenvalue weighted by atomic mass is 32.1. The Morgan fingerprint density at radius 1 is 1.03 bits per heavy atom. The van der Waals surface area contributed by atoms with E-state index in [4.69, 9.17) is 0 Å². The molecule has 0 saturated carbocycles. The summed E-state index contributed by atoms with van der Waals surface area (Å²) in [5.74, 6) is -0.506. The number of aryl methyl sites for hydroxylation is 2. The Bertz CT molecular complexity index is 1190. The Hall–Kier alpha value is -3.59. The molecule has 3 aromatic rings. The smallest absolute Gasteiger partial charge is 0.257 e. The van der Waals surface area contributed by atoms with Gasteiger partial charge in [0, 0.05) is 42.7 Å². The van der Waals surface area contributed by atoms with E-state index in [1.807, 2.05) is 32.0 Å². The van der Waals surface area contributed by atoms with Crippen molar-refractivity contribution in [2.45, 2.75) is 33.1 Å². The number of amides is 3. The molecule has 4 rings (SSSR count). The third kappa shape index (κ3) is 4.67. The van der Waals surface area contributed by atoms with Crippen molar-refractivity contribution in [1.82, 2.24) is 10.2 Å². The molecule has 2 N–H and O–H groups in total. The van der Waals surface area contributed by atoms with Crippen LogP contribution in [-0.2, 0) is 9.59 Å². The maximum Gasteiger partial charge on any atom is 0.257 e. The van der Waals surface area contributed by atoms with Crippen LogP contribution in [0.25, 0.3) is 0 Å². The lowest BCUT2D eigenvalue weighted by Crippen LogP contribution is -2.24. The van der Waals surface area contributed by atoms with Crippen molar-refractivity contribution < 1.29 is 14.4 Å². The number of anilines is 3. The summed E-state index contributed by atoms with van der Waals surface area (Å²) >= 11 is 1.28. The number of carbonyl (C=O) groups is 3. The van der Waals surface area contributed by atoms with Crippen LogP contribution in [0, 0.1) is 13.8 Å². The summed E-state index contributed by atoms with van der Waals surface area (Å²) in [7, 11) is 0. The minimum Gasteiger partial charge on any atom is -0.326 e.